The molecule has 32 heavy (non-hydrogen) atoms. The molecule has 0 N–H and O–H groups in total. The molecule has 2 saturated heterocycles. The molecule has 8 heteroatoms. The van der Waals surface area contributed by atoms with E-state index in [1.54, 1.807) is 9.47 Å². The highest BCUT2D eigenvalue weighted by atomic mass is 32.2. The quantitative estimate of drug-likeness (QED) is 0.419. The number of nitrogens with zero attached hydrogens (tertiary/aromatic N) is 4. The highest BCUT2D eigenvalue weighted by Crippen LogP contribution is 2.36. The minimum absolute atomic E-state index is 0.0820. The van der Waals surface area contributed by atoms with E-state index in [1.807, 2.05) is 19.9 Å². The monoisotopic (exact) mass is 472 g/mol. The van der Waals surface area contributed by atoms with Crippen LogP contribution in [-0.2, 0) is 11.3 Å². The molecular formula is C24H32N4O2S2. The van der Waals surface area contributed by atoms with Crippen molar-refractivity contribution < 1.29 is 4.79 Å². The Labute approximate surface area is 200 Å². The van der Waals surface area contributed by atoms with Gasteiger partial charge < -0.3 is 4.90 Å². The smallest absolute Gasteiger partial charge is 0.270 e. The van der Waals surface area contributed by atoms with E-state index in [9.17, 15) is 14.9 Å². The number of aromatic nitrogens is 1. The van der Waals surface area contributed by atoms with Gasteiger partial charge in [-0.05, 0) is 44.2 Å². The summed E-state index contributed by atoms with van der Waals surface area (Å²) >= 11 is 6.79. The number of carbonyl (C=O) groups is 1. The largest absolute Gasteiger partial charge is 0.357 e. The zero-order valence-corrected chi connectivity index (χ0v) is 20.9. The molecule has 172 valence electrons. The number of hydrogen-bond donors (Lipinski definition) is 0. The number of nitriles is 1. The molecule has 3 heterocycles. The van der Waals surface area contributed by atoms with Gasteiger partial charge in [0, 0.05) is 31.7 Å². The van der Waals surface area contributed by atoms with Crippen LogP contribution in [0.5, 0.6) is 0 Å². The maximum Gasteiger partial charge on any atom is 0.270 e. The third-order valence-electron chi connectivity index (χ3n) is 6.08. The van der Waals surface area contributed by atoms with E-state index >= 15 is 0 Å². The molecule has 1 aromatic rings. The molecule has 2 aliphatic heterocycles. The van der Waals surface area contributed by atoms with Crippen molar-refractivity contribution in [3.8, 4) is 6.07 Å². The topological polar surface area (TPSA) is 69.3 Å². The lowest BCUT2D eigenvalue weighted by Gasteiger charge is -2.29. The van der Waals surface area contributed by atoms with Crippen molar-refractivity contribution in [2.75, 3.05) is 24.5 Å². The lowest BCUT2D eigenvalue weighted by molar-refractivity contribution is -0.122. The average molecular weight is 473 g/mol. The zero-order chi connectivity index (χ0) is 23.3. The maximum absolute atomic E-state index is 13.2. The number of carbonyl (C=O) groups excluding carboxylic acids is 1. The predicted octanol–water partition coefficient (Wildman–Crippen LogP) is 4.82. The Kier molecular flexibility index (Phi) is 8.55. The fraction of sp³-hybridized carbons (Fsp3) is 0.583. The van der Waals surface area contributed by atoms with Gasteiger partial charge in [-0.2, -0.15) is 5.26 Å². The Morgan fingerprint density at radius 2 is 1.78 bits per heavy atom. The maximum atomic E-state index is 13.2. The van der Waals surface area contributed by atoms with Crippen LogP contribution in [0.2, 0.25) is 0 Å². The Hall–Kier alpha value is -2.11. The van der Waals surface area contributed by atoms with E-state index < -0.39 is 0 Å². The molecule has 0 saturated carbocycles. The van der Waals surface area contributed by atoms with Crippen LogP contribution in [0.3, 0.4) is 0 Å². The van der Waals surface area contributed by atoms with Gasteiger partial charge in [-0.1, -0.05) is 57.1 Å². The molecule has 3 rings (SSSR count). The Balaban J connectivity index is 2.19. The predicted molar refractivity (Wildman–Crippen MR) is 136 cm³/mol. The lowest BCUT2D eigenvalue weighted by Crippen LogP contribution is -2.35. The molecule has 1 aromatic heterocycles. The van der Waals surface area contributed by atoms with Gasteiger partial charge in [0.2, 0.25) is 0 Å². The normalized spacial score (nSPS) is 18.4. The van der Waals surface area contributed by atoms with Crippen molar-refractivity contribution in [3.05, 3.63) is 31.9 Å². The van der Waals surface area contributed by atoms with Gasteiger partial charge in [0.1, 0.15) is 21.8 Å². The van der Waals surface area contributed by atoms with E-state index in [4.69, 9.17) is 12.2 Å². The van der Waals surface area contributed by atoms with Gasteiger partial charge in [-0.15, -0.1) is 0 Å². The van der Waals surface area contributed by atoms with Crippen molar-refractivity contribution in [1.29, 1.82) is 5.26 Å². The van der Waals surface area contributed by atoms with Gasteiger partial charge in [-0.3, -0.25) is 19.1 Å². The molecule has 2 fully saturated rings. The molecule has 0 spiro atoms. The number of thiocarbonyl (C=S) groups is 1. The molecule has 0 aliphatic carbocycles. The van der Waals surface area contributed by atoms with E-state index in [0.29, 0.717) is 27.9 Å². The zero-order valence-electron chi connectivity index (χ0n) is 19.3. The fourth-order valence-corrected chi connectivity index (χ4v) is 5.63. The fourth-order valence-electron chi connectivity index (χ4n) is 4.34. The first-order valence-electron chi connectivity index (χ1n) is 11.6. The third kappa shape index (κ3) is 4.94. The second-order valence-electron chi connectivity index (χ2n) is 8.39. The molecule has 6 nitrogen and oxygen atoms in total. The van der Waals surface area contributed by atoms with Crippen LogP contribution in [0.25, 0.3) is 6.08 Å². The van der Waals surface area contributed by atoms with Crippen LogP contribution in [0.15, 0.2) is 9.70 Å². The Morgan fingerprint density at radius 1 is 1.09 bits per heavy atom. The number of unbranched alkanes of at least 4 members (excludes halogenated alkanes) is 1. The summed E-state index contributed by atoms with van der Waals surface area (Å²) in [6.07, 6.45) is 9.03. The lowest BCUT2D eigenvalue weighted by atomic mass is 10.0. The summed E-state index contributed by atoms with van der Waals surface area (Å²) in [7, 11) is 0. The number of thioether (sulfide) groups is 1. The highest BCUT2D eigenvalue weighted by molar-refractivity contribution is 8.26. The molecular weight excluding hydrogens is 440 g/mol. The standard InChI is InChI=1S/C24H32N4O2S2/c1-4-6-14-28-23(30)20(32-24(28)31)15-18-17(3)19(16-25)22(29)27(11-5-2)21(18)26-12-9-7-8-10-13-26/h15H,4-14H2,1-3H3/b20-15-. The van der Waals surface area contributed by atoms with Crippen LogP contribution >= 0.6 is 24.0 Å². The third-order valence-corrected chi connectivity index (χ3v) is 7.46. The number of amides is 1. The molecule has 0 radical (unpaired) electrons. The average Bonchev–Trinajstić information content (AvgIpc) is 2.95. The first-order valence-corrected chi connectivity index (χ1v) is 12.8. The summed E-state index contributed by atoms with van der Waals surface area (Å²) in [4.78, 5) is 30.9. The number of pyridine rings is 1. The summed E-state index contributed by atoms with van der Waals surface area (Å²) in [6.45, 7) is 8.84. The van der Waals surface area contributed by atoms with Crippen molar-refractivity contribution >= 4 is 46.1 Å². The Bertz CT molecular complexity index is 1010. The molecule has 1 amide bonds. The van der Waals surface area contributed by atoms with Gasteiger partial charge in [0.25, 0.3) is 11.5 Å². The van der Waals surface area contributed by atoms with Gasteiger partial charge in [0.05, 0.1) is 4.91 Å². The molecule has 0 unspecified atom stereocenters. The molecule has 0 aromatic carbocycles. The second-order valence-corrected chi connectivity index (χ2v) is 10.1. The van der Waals surface area contributed by atoms with Crippen LogP contribution in [0.4, 0.5) is 5.82 Å². The SMILES string of the molecule is CCCCN1C(=O)/C(=C/c2c(C)c(C#N)c(=O)n(CCC)c2N2CCCCCC2)SC1=S. The van der Waals surface area contributed by atoms with Crippen LogP contribution < -0.4 is 10.5 Å². The van der Waals surface area contributed by atoms with Crippen molar-refractivity contribution in [2.24, 2.45) is 0 Å². The first-order chi connectivity index (χ1) is 15.4. The number of hydrogen-bond acceptors (Lipinski definition) is 6. The Morgan fingerprint density at radius 3 is 2.38 bits per heavy atom. The molecule has 2 aliphatic rings. The summed E-state index contributed by atoms with van der Waals surface area (Å²) in [5.74, 6) is 0.760. The number of anilines is 1. The van der Waals surface area contributed by atoms with E-state index in [2.05, 4.69) is 17.9 Å². The summed E-state index contributed by atoms with van der Waals surface area (Å²) in [5, 5.41) is 9.76. The van der Waals surface area contributed by atoms with E-state index in [1.165, 1.54) is 24.6 Å². The minimum Gasteiger partial charge on any atom is -0.357 e. The minimum atomic E-state index is -0.237. The van der Waals surface area contributed by atoms with E-state index in [-0.39, 0.29) is 17.0 Å². The van der Waals surface area contributed by atoms with Gasteiger partial charge >= 0.3 is 0 Å². The van der Waals surface area contributed by atoms with Crippen LogP contribution in [0.1, 0.15) is 75.5 Å². The second kappa shape index (κ2) is 11.2. The van der Waals surface area contributed by atoms with Crippen molar-refractivity contribution in [1.82, 2.24) is 9.47 Å². The van der Waals surface area contributed by atoms with E-state index in [0.717, 1.165) is 56.6 Å². The van der Waals surface area contributed by atoms with Crippen molar-refractivity contribution in [2.45, 2.75) is 72.3 Å². The highest BCUT2D eigenvalue weighted by Gasteiger charge is 2.33. The van der Waals surface area contributed by atoms with Crippen LogP contribution in [-0.4, -0.2) is 39.3 Å². The van der Waals surface area contributed by atoms with Crippen LogP contribution in [0, 0.1) is 18.3 Å². The molecule has 0 atom stereocenters. The van der Waals surface area contributed by atoms with Gasteiger partial charge in [-0.25, -0.2) is 0 Å². The summed E-state index contributed by atoms with van der Waals surface area (Å²) in [6, 6.07) is 2.12. The van der Waals surface area contributed by atoms with Crippen molar-refractivity contribution in [3.63, 3.8) is 0 Å². The number of rotatable bonds is 7. The first kappa shape index (κ1) is 24.5. The molecule has 0 bridgehead atoms. The van der Waals surface area contributed by atoms with Gasteiger partial charge in [0.15, 0.2) is 0 Å². The summed E-state index contributed by atoms with van der Waals surface area (Å²) in [5.41, 5.74) is 1.36. The summed E-state index contributed by atoms with van der Waals surface area (Å²) < 4.78 is 2.33.